The molecule has 156 valence electrons. The van der Waals surface area contributed by atoms with Crippen LogP contribution in [0.5, 0.6) is 0 Å². The van der Waals surface area contributed by atoms with Gasteiger partial charge in [-0.2, -0.15) is 0 Å². The molecule has 0 spiro atoms. The lowest BCUT2D eigenvalue weighted by atomic mass is 9.89. The van der Waals surface area contributed by atoms with E-state index in [1.54, 1.807) is 24.3 Å². The number of halogens is 1. The van der Waals surface area contributed by atoms with Gasteiger partial charge in [0.25, 0.3) is 5.91 Å². The molecule has 0 unspecified atom stereocenters. The number of anilines is 1. The maximum atomic E-state index is 12.5. The highest BCUT2D eigenvalue weighted by Crippen LogP contribution is 2.31. The molecule has 0 saturated carbocycles. The Morgan fingerprint density at radius 2 is 1.86 bits per heavy atom. The van der Waals surface area contributed by atoms with Gasteiger partial charge in [-0.05, 0) is 43.1 Å². The molecule has 2 atom stereocenters. The first kappa shape index (κ1) is 22.9. The van der Waals surface area contributed by atoms with Crippen molar-refractivity contribution in [1.82, 2.24) is 10.2 Å². The number of likely N-dealkylation sites (tertiary alicyclic amines) is 1. The fourth-order valence-electron chi connectivity index (χ4n) is 3.81. The summed E-state index contributed by atoms with van der Waals surface area (Å²) in [5.74, 6) is 0.462. The summed E-state index contributed by atoms with van der Waals surface area (Å²) in [4.78, 5) is 26.6. The number of amides is 2. The Labute approximate surface area is 178 Å². The number of carbonyl (C=O) groups is 2. The molecule has 0 aliphatic carbocycles. The summed E-state index contributed by atoms with van der Waals surface area (Å²) in [5, 5.41) is 5.66. The van der Waals surface area contributed by atoms with E-state index in [0.29, 0.717) is 42.7 Å². The topological polar surface area (TPSA) is 87.5 Å². The molecule has 2 amide bonds. The monoisotopic (exact) mass is 416 g/mol. The van der Waals surface area contributed by atoms with E-state index in [1.165, 1.54) is 5.56 Å². The molecular formula is C22H29ClN4O2. The van der Waals surface area contributed by atoms with E-state index < -0.39 is 0 Å². The molecule has 2 aromatic rings. The highest BCUT2D eigenvalue weighted by atomic mass is 35.5. The second kappa shape index (κ2) is 11.0. The molecule has 3 rings (SSSR count). The number of carbonyl (C=O) groups excluding carboxylic acids is 2. The molecule has 4 N–H and O–H groups in total. The van der Waals surface area contributed by atoms with Crippen molar-refractivity contribution in [3.05, 3.63) is 65.7 Å². The van der Waals surface area contributed by atoms with Crippen LogP contribution in [0.1, 0.15) is 28.8 Å². The average Bonchev–Trinajstić information content (AvgIpc) is 3.11. The standard InChI is InChI=1S/C22H28N4O2.ClH/c1-2-24-22(28)17-9-6-10-19(11-17)25-21(27)15-26-13-18(12-23)20(14-26)16-7-4-3-5-8-16;/h3-11,18,20H,2,12-15,23H2,1H3,(H,24,28)(H,25,27);1H/t18-,20+;/m1./s1. The predicted octanol–water partition coefficient (Wildman–Crippen LogP) is 2.47. The van der Waals surface area contributed by atoms with Crippen molar-refractivity contribution >= 4 is 29.9 Å². The van der Waals surface area contributed by atoms with E-state index in [4.69, 9.17) is 5.73 Å². The zero-order valence-corrected chi connectivity index (χ0v) is 17.5. The summed E-state index contributed by atoms with van der Waals surface area (Å²) in [6.07, 6.45) is 0. The molecular weight excluding hydrogens is 388 g/mol. The Morgan fingerprint density at radius 1 is 1.10 bits per heavy atom. The minimum Gasteiger partial charge on any atom is -0.352 e. The van der Waals surface area contributed by atoms with Crippen LogP contribution in [0.2, 0.25) is 0 Å². The fourth-order valence-corrected chi connectivity index (χ4v) is 3.81. The van der Waals surface area contributed by atoms with Gasteiger partial charge in [-0.3, -0.25) is 14.5 Å². The van der Waals surface area contributed by atoms with Gasteiger partial charge in [-0.15, -0.1) is 12.4 Å². The number of benzene rings is 2. The van der Waals surface area contributed by atoms with Crippen LogP contribution in [-0.4, -0.2) is 49.4 Å². The molecule has 7 heteroatoms. The van der Waals surface area contributed by atoms with Crippen LogP contribution in [0.3, 0.4) is 0 Å². The van der Waals surface area contributed by atoms with E-state index in [-0.39, 0.29) is 24.2 Å². The molecule has 0 aromatic heterocycles. The molecule has 0 bridgehead atoms. The van der Waals surface area contributed by atoms with Gasteiger partial charge in [-0.1, -0.05) is 36.4 Å². The van der Waals surface area contributed by atoms with Gasteiger partial charge in [-0.25, -0.2) is 0 Å². The molecule has 2 aromatic carbocycles. The number of nitrogens with one attached hydrogen (secondary N) is 2. The predicted molar refractivity (Wildman–Crippen MR) is 118 cm³/mol. The third kappa shape index (κ3) is 6.03. The van der Waals surface area contributed by atoms with E-state index >= 15 is 0 Å². The van der Waals surface area contributed by atoms with Gasteiger partial charge in [0.05, 0.1) is 6.54 Å². The van der Waals surface area contributed by atoms with E-state index in [2.05, 4.69) is 27.7 Å². The first-order valence-electron chi connectivity index (χ1n) is 9.76. The number of hydrogen-bond donors (Lipinski definition) is 3. The number of nitrogens with zero attached hydrogens (tertiary/aromatic N) is 1. The quantitative estimate of drug-likeness (QED) is 0.647. The first-order valence-corrected chi connectivity index (χ1v) is 9.76. The van der Waals surface area contributed by atoms with Gasteiger partial charge < -0.3 is 16.4 Å². The first-order chi connectivity index (χ1) is 13.6. The Bertz CT molecular complexity index is 815. The van der Waals surface area contributed by atoms with Crippen LogP contribution in [0.15, 0.2) is 54.6 Å². The van der Waals surface area contributed by atoms with E-state index in [1.807, 2.05) is 25.1 Å². The molecule has 6 nitrogen and oxygen atoms in total. The molecule has 0 radical (unpaired) electrons. The smallest absolute Gasteiger partial charge is 0.251 e. The fraction of sp³-hybridized carbons (Fsp3) is 0.364. The average molecular weight is 417 g/mol. The van der Waals surface area contributed by atoms with Gasteiger partial charge in [0.15, 0.2) is 0 Å². The van der Waals surface area contributed by atoms with Crippen LogP contribution in [0.25, 0.3) is 0 Å². The second-order valence-electron chi connectivity index (χ2n) is 7.20. The SMILES string of the molecule is CCNC(=O)c1cccc(NC(=O)CN2C[C@@H](CN)[C@H](c3ccccc3)C2)c1.Cl. The summed E-state index contributed by atoms with van der Waals surface area (Å²) < 4.78 is 0. The summed E-state index contributed by atoms with van der Waals surface area (Å²) in [6.45, 7) is 4.98. The van der Waals surface area contributed by atoms with Crippen molar-refractivity contribution in [2.45, 2.75) is 12.8 Å². The summed E-state index contributed by atoms with van der Waals surface area (Å²) >= 11 is 0. The van der Waals surface area contributed by atoms with Crippen molar-refractivity contribution in [3.63, 3.8) is 0 Å². The Morgan fingerprint density at radius 3 is 2.55 bits per heavy atom. The van der Waals surface area contributed by atoms with Gasteiger partial charge in [0.1, 0.15) is 0 Å². The Balaban J connectivity index is 0.00000300. The summed E-state index contributed by atoms with van der Waals surface area (Å²) in [7, 11) is 0. The maximum Gasteiger partial charge on any atom is 0.251 e. The van der Waals surface area contributed by atoms with Crippen LogP contribution in [0.4, 0.5) is 5.69 Å². The zero-order valence-electron chi connectivity index (χ0n) is 16.6. The molecule has 29 heavy (non-hydrogen) atoms. The lowest BCUT2D eigenvalue weighted by Crippen LogP contribution is -2.32. The van der Waals surface area contributed by atoms with Crippen molar-refractivity contribution in [2.75, 3.05) is 38.0 Å². The second-order valence-corrected chi connectivity index (χ2v) is 7.20. The molecule has 1 aliphatic rings. The number of rotatable bonds is 7. The third-order valence-electron chi connectivity index (χ3n) is 5.16. The van der Waals surface area contributed by atoms with E-state index in [0.717, 1.165) is 13.1 Å². The normalized spacial score (nSPS) is 18.7. The zero-order chi connectivity index (χ0) is 19.9. The summed E-state index contributed by atoms with van der Waals surface area (Å²) in [6, 6.07) is 17.3. The van der Waals surface area contributed by atoms with Crippen LogP contribution in [0, 0.1) is 5.92 Å². The minimum absolute atomic E-state index is 0. The highest BCUT2D eigenvalue weighted by molar-refractivity contribution is 5.97. The Hall–Kier alpha value is -2.41. The highest BCUT2D eigenvalue weighted by Gasteiger charge is 2.33. The lowest BCUT2D eigenvalue weighted by molar-refractivity contribution is -0.117. The van der Waals surface area contributed by atoms with Gasteiger partial charge in [0.2, 0.25) is 5.91 Å². The van der Waals surface area contributed by atoms with Gasteiger partial charge in [0, 0.05) is 36.8 Å². The molecule has 1 fully saturated rings. The Kier molecular flexibility index (Phi) is 8.64. The van der Waals surface area contributed by atoms with Gasteiger partial charge >= 0.3 is 0 Å². The number of nitrogens with two attached hydrogens (primary N) is 1. The third-order valence-corrected chi connectivity index (χ3v) is 5.16. The molecule has 1 saturated heterocycles. The molecule has 1 aliphatic heterocycles. The number of hydrogen-bond acceptors (Lipinski definition) is 4. The van der Waals surface area contributed by atoms with Crippen LogP contribution < -0.4 is 16.4 Å². The van der Waals surface area contributed by atoms with Crippen molar-refractivity contribution < 1.29 is 9.59 Å². The maximum absolute atomic E-state index is 12.5. The lowest BCUT2D eigenvalue weighted by Gasteiger charge is -2.16. The minimum atomic E-state index is -0.144. The van der Waals surface area contributed by atoms with Crippen molar-refractivity contribution in [2.24, 2.45) is 11.7 Å². The van der Waals surface area contributed by atoms with E-state index in [9.17, 15) is 9.59 Å². The van der Waals surface area contributed by atoms with Crippen molar-refractivity contribution in [3.8, 4) is 0 Å². The molecule has 1 heterocycles. The van der Waals surface area contributed by atoms with Crippen LogP contribution >= 0.6 is 12.4 Å². The van der Waals surface area contributed by atoms with Crippen molar-refractivity contribution in [1.29, 1.82) is 0 Å². The summed E-state index contributed by atoms with van der Waals surface area (Å²) in [5.41, 5.74) is 8.42. The largest absolute Gasteiger partial charge is 0.352 e. The van der Waals surface area contributed by atoms with Crippen LogP contribution in [-0.2, 0) is 4.79 Å².